The Labute approximate surface area is 158 Å². The Balaban J connectivity index is 0.000000218. The van der Waals surface area contributed by atoms with Gasteiger partial charge in [-0.2, -0.15) is 4.98 Å². The van der Waals surface area contributed by atoms with Crippen molar-refractivity contribution >= 4 is 22.9 Å². The van der Waals surface area contributed by atoms with E-state index in [4.69, 9.17) is 15.6 Å². The first kappa shape index (κ1) is 18.2. The summed E-state index contributed by atoms with van der Waals surface area (Å²) in [4.78, 5) is 20.6. The van der Waals surface area contributed by atoms with Gasteiger partial charge in [-0.25, -0.2) is 4.98 Å². The molecule has 1 amide bonds. The third-order valence-electron chi connectivity index (χ3n) is 5.76. The van der Waals surface area contributed by atoms with E-state index in [9.17, 15) is 4.79 Å². The first-order chi connectivity index (χ1) is 13.1. The number of rotatable bonds is 0. The molecular weight excluding hydrogens is 346 g/mol. The number of amides is 1. The predicted molar refractivity (Wildman–Crippen MR) is 101 cm³/mol. The quantitative estimate of drug-likeness (QED) is 0.646. The molecule has 1 aliphatic carbocycles. The monoisotopic (exact) mass is 373 g/mol. The Morgan fingerprint density at radius 2 is 2.11 bits per heavy atom. The van der Waals surface area contributed by atoms with E-state index < -0.39 is 0 Å². The van der Waals surface area contributed by atoms with Gasteiger partial charge < -0.3 is 25.5 Å². The summed E-state index contributed by atoms with van der Waals surface area (Å²) in [5, 5.41) is 12.7. The number of aliphatic hydroxyl groups is 1. The van der Waals surface area contributed by atoms with E-state index in [1.54, 1.807) is 6.20 Å². The van der Waals surface area contributed by atoms with Crippen molar-refractivity contribution in [3.63, 3.8) is 0 Å². The molecule has 146 valence electrons. The van der Waals surface area contributed by atoms with Crippen LogP contribution in [-0.4, -0.2) is 51.4 Å². The summed E-state index contributed by atoms with van der Waals surface area (Å²) >= 11 is 0. The van der Waals surface area contributed by atoms with Crippen molar-refractivity contribution in [2.45, 2.75) is 56.6 Å². The molecule has 2 aromatic rings. The van der Waals surface area contributed by atoms with Crippen molar-refractivity contribution in [3.8, 4) is 0 Å². The smallest absolute Gasteiger partial charge is 0.268 e. The third-order valence-corrected chi connectivity index (χ3v) is 5.76. The normalized spacial score (nSPS) is 24.0. The molecular formula is C19H27N5O3. The van der Waals surface area contributed by atoms with Gasteiger partial charge in [0, 0.05) is 24.7 Å². The van der Waals surface area contributed by atoms with Crippen molar-refractivity contribution in [3.05, 3.63) is 18.0 Å². The molecule has 2 aliphatic heterocycles. The number of fused-ring (bicyclic) bond motifs is 4. The molecule has 0 aromatic carbocycles. The Morgan fingerprint density at radius 1 is 1.30 bits per heavy atom. The minimum Gasteiger partial charge on any atom is -0.391 e. The molecule has 8 nitrogen and oxygen atoms in total. The van der Waals surface area contributed by atoms with Crippen LogP contribution in [0, 0.1) is 0 Å². The number of nitrogens with zero attached hydrogens (tertiary/aromatic N) is 3. The Morgan fingerprint density at radius 3 is 2.78 bits per heavy atom. The van der Waals surface area contributed by atoms with Gasteiger partial charge in [-0.15, -0.1) is 0 Å². The number of nitrogen functional groups attached to an aromatic ring is 1. The summed E-state index contributed by atoms with van der Waals surface area (Å²) in [5.74, 6) is 0.230. The maximum atomic E-state index is 12.2. The van der Waals surface area contributed by atoms with Crippen molar-refractivity contribution in [1.29, 1.82) is 0 Å². The average Bonchev–Trinajstić information content (AvgIpc) is 3.07. The topological polar surface area (TPSA) is 115 Å². The highest BCUT2D eigenvalue weighted by atomic mass is 16.5. The number of carbonyl (C=O) groups is 1. The van der Waals surface area contributed by atoms with Crippen LogP contribution in [0.2, 0.25) is 0 Å². The standard InChI is InChI=1S/C14H17N5O.C5H10O2/c15-13-16-7-9-6-10-12(20)17-8-14(4-2-1-3-5-14)19(10)11(9)18-13;6-5-2-1-3-7-4-5/h6-7H,1-5,8H2,(H,17,20)(H2,15,16,18);5-6H,1-4H2. The highest BCUT2D eigenvalue weighted by molar-refractivity contribution is 5.99. The van der Waals surface area contributed by atoms with Crippen molar-refractivity contribution in [1.82, 2.24) is 19.9 Å². The molecule has 3 aliphatic rings. The Hall–Kier alpha value is -2.19. The summed E-state index contributed by atoms with van der Waals surface area (Å²) in [5.41, 5.74) is 7.18. The van der Waals surface area contributed by atoms with Crippen LogP contribution in [0.25, 0.3) is 11.0 Å². The molecule has 8 heteroatoms. The molecule has 1 atom stereocenters. The fraction of sp³-hybridized carbons (Fsp3) is 0.632. The molecule has 1 spiro atoms. The number of nitrogens with two attached hydrogens (primary N) is 1. The first-order valence-corrected chi connectivity index (χ1v) is 9.77. The molecule has 0 bridgehead atoms. The van der Waals surface area contributed by atoms with Crippen molar-refractivity contribution in [2.24, 2.45) is 0 Å². The van der Waals surface area contributed by atoms with E-state index in [1.165, 1.54) is 19.3 Å². The van der Waals surface area contributed by atoms with Gasteiger partial charge >= 0.3 is 0 Å². The highest BCUT2D eigenvalue weighted by Crippen LogP contribution is 2.40. The van der Waals surface area contributed by atoms with Crippen LogP contribution in [0.4, 0.5) is 5.95 Å². The number of carbonyl (C=O) groups excluding carboxylic acids is 1. The lowest BCUT2D eigenvalue weighted by Gasteiger charge is -2.42. The van der Waals surface area contributed by atoms with Gasteiger partial charge in [-0.3, -0.25) is 4.79 Å². The molecule has 4 N–H and O–H groups in total. The maximum Gasteiger partial charge on any atom is 0.268 e. The zero-order chi connectivity index (χ0) is 18.9. The first-order valence-electron chi connectivity index (χ1n) is 9.77. The van der Waals surface area contributed by atoms with Crippen LogP contribution in [0.15, 0.2) is 12.3 Å². The van der Waals surface area contributed by atoms with Crippen molar-refractivity contribution < 1.29 is 14.6 Å². The fourth-order valence-corrected chi connectivity index (χ4v) is 4.40. The van der Waals surface area contributed by atoms with Crippen molar-refractivity contribution in [2.75, 3.05) is 25.5 Å². The second kappa shape index (κ2) is 7.44. The maximum absolute atomic E-state index is 12.2. The summed E-state index contributed by atoms with van der Waals surface area (Å²) < 4.78 is 7.06. The van der Waals surface area contributed by atoms with Gasteiger partial charge in [0.2, 0.25) is 5.95 Å². The molecule has 0 radical (unpaired) electrons. The molecule has 1 unspecified atom stereocenters. The summed E-state index contributed by atoms with van der Waals surface area (Å²) in [6, 6.07) is 1.87. The molecule has 4 heterocycles. The minimum atomic E-state index is -0.186. The van der Waals surface area contributed by atoms with Gasteiger partial charge in [0.25, 0.3) is 5.91 Å². The number of aromatic nitrogens is 3. The van der Waals surface area contributed by atoms with Crippen LogP contribution < -0.4 is 11.1 Å². The molecule has 1 saturated heterocycles. The molecule has 2 aromatic heterocycles. The largest absolute Gasteiger partial charge is 0.391 e. The van der Waals surface area contributed by atoms with Crippen LogP contribution in [0.1, 0.15) is 55.4 Å². The van der Waals surface area contributed by atoms with E-state index in [2.05, 4.69) is 19.9 Å². The molecule has 27 heavy (non-hydrogen) atoms. The zero-order valence-electron chi connectivity index (χ0n) is 15.5. The average molecular weight is 373 g/mol. The number of aliphatic hydroxyl groups excluding tert-OH is 1. The van der Waals surface area contributed by atoms with Gasteiger partial charge in [-0.1, -0.05) is 19.3 Å². The Kier molecular flexibility index (Phi) is 5.01. The fourth-order valence-electron chi connectivity index (χ4n) is 4.40. The number of hydrogen-bond acceptors (Lipinski definition) is 6. The lowest BCUT2D eigenvalue weighted by Crippen LogP contribution is -2.52. The second-order valence-electron chi connectivity index (χ2n) is 7.71. The number of hydrogen-bond donors (Lipinski definition) is 3. The molecule has 5 rings (SSSR count). The van der Waals surface area contributed by atoms with E-state index in [0.29, 0.717) is 18.8 Å². The van der Waals surface area contributed by atoms with Gasteiger partial charge in [-0.05, 0) is 31.7 Å². The summed E-state index contributed by atoms with van der Waals surface area (Å²) in [7, 11) is 0. The number of anilines is 1. The lowest BCUT2D eigenvalue weighted by atomic mass is 9.80. The molecule has 1 saturated carbocycles. The zero-order valence-corrected chi connectivity index (χ0v) is 15.5. The van der Waals surface area contributed by atoms with Gasteiger partial charge in [0.15, 0.2) is 0 Å². The number of ether oxygens (including phenoxy) is 1. The Bertz CT molecular complexity index is 822. The van der Waals surface area contributed by atoms with E-state index in [0.717, 1.165) is 43.3 Å². The lowest BCUT2D eigenvalue weighted by molar-refractivity contribution is -0.00535. The van der Waals surface area contributed by atoms with E-state index >= 15 is 0 Å². The number of nitrogens with one attached hydrogen (secondary N) is 1. The van der Waals surface area contributed by atoms with Crippen LogP contribution in [-0.2, 0) is 10.3 Å². The van der Waals surface area contributed by atoms with E-state index in [-0.39, 0.29) is 23.5 Å². The van der Waals surface area contributed by atoms with Crippen LogP contribution in [0.5, 0.6) is 0 Å². The third kappa shape index (κ3) is 3.51. The van der Waals surface area contributed by atoms with Gasteiger partial charge in [0.05, 0.1) is 18.2 Å². The minimum absolute atomic E-state index is 0.0298. The van der Waals surface area contributed by atoms with Gasteiger partial charge in [0.1, 0.15) is 11.3 Å². The SMILES string of the molecule is Nc1ncc2cc3n(c2n1)C1(CCCCC1)CNC3=O.OC1CCCOC1. The van der Waals surface area contributed by atoms with Crippen LogP contribution in [0.3, 0.4) is 0 Å². The van der Waals surface area contributed by atoms with E-state index in [1.807, 2.05) is 6.07 Å². The molecule has 2 fully saturated rings. The summed E-state index contributed by atoms with van der Waals surface area (Å²) in [6.45, 7) is 2.06. The highest BCUT2D eigenvalue weighted by Gasteiger charge is 2.41. The second-order valence-corrected chi connectivity index (χ2v) is 7.71. The summed E-state index contributed by atoms with van der Waals surface area (Å²) in [6.07, 6.45) is 9.25. The van der Waals surface area contributed by atoms with Crippen LogP contribution >= 0.6 is 0 Å². The predicted octanol–water partition coefficient (Wildman–Crippen LogP) is 1.57.